The first-order valence-electron chi connectivity index (χ1n) is 10.3. The number of rotatable bonds is 6. The predicted octanol–water partition coefficient (Wildman–Crippen LogP) is 2.05. The quantitative estimate of drug-likeness (QED) is 0.532. The topological polar surface area (TPSA) is 99.4 Å². The Balaban J connectivity index is 1.80. The summed E-state index contributed by atoms with van der Waals surface area (Å²) < 4.78 is 39.2. The van der Waals surface area contributed by atoms with Crippen LogP contribution >= 0.6 is 0 Å². The molecule has 1 aromatic carbocycles. The van der Waals surface area contributed by atoms with Gasteiger partial charge in [0.15, 0.2) is 17.0 Å². The minimum Gasteiger partial charge on any atom is -0.496 e. The fraction of sp³-hybridized carbons (Fsp3) is 0.476. The molecule has 10 heteroatoms. The molecular formula is C21H27N5O4S. The standard InChI is InChI=1S/C21H27N5O4S/c1-5-17-22-18-19(25(17)3)23-21(24-20(18)26-8-10-30-11-9-26)31(27,28)13-15-6-7-16(29-4)14(2)12-15/h6-7,12H,5,8-11,13H2,1-4H3. The number of sulfone groups is 1. The average molecular weight is 446 g/mol. The van der Waals surface area contributed by atoms with Gasteiger partial charge in [0.05, 0.1) is 26.1 Å². The molecule has 0 amide bonds. The van der Waals surface area contributed by atoms with Gasteiger partial charge >= 0.3 is 0 Å². The van der Waals surface area contributed by atoms with Crippen LogP contribution in [0.15, 0.2) is 23.4 Å². The van der Waals surface area contributed by atoms with Crippen molar-refractivity contribution in [1.82, 2.24) is 19.5 Å². The van der Waals surface area contributed by atoms with Gasteiger partial charge in [0.1, 0.15) is 11.6 Å². The van der Waals surface area contributed by atoms with Crippen molar-refractivity contribution in [2.75, 3.05) is 38.3 Å². The molecule has 166 valence electrons. The number of methoxy groups -OCH3 is 1. The zero-order valence-corrected chi connectivity index (χ0v) is 19.1. The van der Waals surface area contributed by atoms with Crippen LogP contribution in [0.3, 0.4) is 0 Å². The van der Waals surface area contributed by atoms with Crippen LogP contribution < -0.4 is 9.64 Å². The Hall–Kier alpha value is -2.72. The molecule has 0 bridgehead atoms. The van der Waals surface area contributed by atoms with Gasteiger partial charge in [0.2, 0.25) is 9.84 Å². The molecule has 2 aromatic heterocycles. The molecule has 0 aliphatic carbocycles. The molecule has 0 unspecified atom stereocenters. The molecule has 1 aliphatic heterocycles. The van der Waals surface area contributed by atoms with Crippen molar-refractivity contribution in [1.29, 1.82) is 0 Å². The highest BCUT2D eigenvalue weighted by molar-refractivity contribution is 7.90. The fourth-order valence-electron chi connectivity index (χ4n) is 3.84. The van der Waals surface area contributed by atoms with E-state index in [1.54, 1.807) is 19.2 Å². The number of hydrogen-bond donors (Lipinski definition) is 0. The number of imidazole rings is 1. The Morgan fingerprint density at radius 1 is 1.16 bits per heavy atom. The first kappa shape index (κ1) is 21.5. The molecule has 0 radical (unpaired) electrons. The van der Waals surface area contributed by atoms with Crippen LogP contribution in [0.25, 0.3) is 11.2 Å². The number of anilines is 1. The van der Waals surface area contributed by atoms with Crippen LogP contribution in [0.5, 0.6) is 5.75 Å². The molecule has 0 N–H and O–H groups in total. The summed E-state index contributed by atoms with van der Waals surface area (Å²) in [5.74, 6) is 1.91. The second-order valence-electron chi connectivity index (χ2n) is 7.61. The fourth-order valence-corrected chi connectivity index (χ4v) is 5.04. The second kappa shape index (κ2) is 8.43. The highest BCUT2D eigenvalue weighted by atomic mass is 32.2. The molecule has 3 heterocycles. The van der Waals surface area contributed by atoms with E-state index in [0.717, 1.165) is 17.1 Å². The van der Waals surface area contributed by atoms with Crippen molar-refractivity contribution >= 4 is 26.8 Å². The summed E-state index contributed by atoms with van der Waals surface area (Å²) in [6.45, 7) is 6.27. The molecule has 1 aliphatic rings. The number of fused-ring (bicyclic) bond motifs is 1. The number of ether oxygens (including phenoxy) is 2. The maximum absolute atomic E-state index is 13.3. The maximum Gasteiger partial charge on any atom is 0.251 e. The summed E-state index contributed by atoms with van der Waals surface area (Å²) in [6.07, 6.45) is 0.711. The Kier molecular flexibility index (Phi) is 5.85. The monoisotopic (exact) mass is 445 g/mol. The lowest BCUT2D eigenvalue weighted by Crippen LogP contribution is -2.37. The molecule has 4 rings (SSSR count). The number of hydrogen-bond acceptors (Lipinski definition) is 8. The zero-order valence-electron chi connectivity index (χ0n) is 18.3. The van der Waals surface area contributed by atoms with Gasteiger partial charge in [0, 0.05) is 26.6 Å². The lowest BCUT2D eigenvalue weighted by atomic mass is 10.1. The van der Waals surface area contributed by atoms with Crippen LogP contribution in [0.1, 0.15) is 23.9 Å². The molecule has 1 fully saturated rings. The van der Waals surface area contributed by atoms with Crippen LogP contribution in [0, 0.1) is 6.92 Å². The van der Waals surface area contributed by atoms with Crippen molar-refractivity contribution in [2.24, 2.45) is 7.05 Å². The van der Waals surface area contributed by atoms with Crippen molar-refractivity contribution in [3.8, 4) is 5.75 Å². The van der Waals surface area contributed by atoms with E-state index in [0.29, 0.717) is 55.3 Å². The molecule has 31 heavy (non-hydrogen) atoms. The third-order valence-electron chi connectivity index (χ3n) is 5.49. The first-order valence-corrected chi connectivity index (χ1v) is 11.9. The van der Waals surface area contributed by atoms with E-state index in [9.17, 15) is 8.42 Å². The highest BCUT2D eigenvalue weighted by Crippen LogP contribution is 2.28. The smallest absolute Gasteiger partial charge is 0.251 e. The van der Waals surface area contributed by atoms with E-state index < -0.39 is 9.84 Å². The molecular weight excluding hydrogens is 418 g/mol. The van der Waals surface area contributed by atoms with E-state index in [4.69, 9.17) is 14.5 Å². The highest BCUT2D eigenvalue weighted by Gasteiger charge is 2.27. The second-order valence-corrected chi connectivity index (χ2v) is 9.49. The summed E-state index contributed by atoms with van der Waals surface area (Å²) in [7, 11) is -0.333. The van der Waals surface area contributed by atoms with Gasteiger partial charge in [-0.1, -0.05) is 19.1 Å². The van der Waals surface area contributed by atoms with Gasteiger partial charge in [-0.25, -0.2) is 13.4 Å². The molecule has 3 aromatic rings. The van der Waals surface area contributed by atoms with Crippen molar-refractivity contribution in [3.63, 3.8) is 0 Å². The Morgan fingerprint density at radius 2 is 1.90 bits per heavy atom. The van der Waals surface area contributed by atoms with Gasteiger partial charge in [-0.15, -0.1) is 0 Å². The van der Waals surface area contributed by atoms with Crippen LogP contribution in [0.2, 0.25) is 0 Å². The molecule has 0 spiro atoms. The molecule has 1 saturated heterocycles. The van der Waals surface area contributed by atoms with Gasteiger partial charge in [0.25, 0.3) is 5.16 Å². The lowest BCUT2D eigenvalue weighted by Gasteiger charge is -2.28. The predicted molar refractivity (Wildman–Crippen MR) is 117 cm³/mol. The summed E-state index contributed by atoms with van der Waals surface area (Å²) in [5, 5.41) is -0.180. The van der Waals surface area contributed by atoms with Crippen molar-refractivity contribution < 1.29 is 17.9 Å². The third kappa shape index (κ3) is 4.09. The number of aryl methyl sites for hydroxylation is 3. The normalized spacial score (nSPS) is 14.9. The molecule has 0 saturated carbocycles. The van der Waals surface area contributed by atoms with E-state index in [-0.39, 0.29) is 10.9 Å². The third-order valence-corrected chi connectivity index (χ3v) is 6.95. The number of benzene rings is 1. The number of morpholine rings is 1. The van der Waals surface area contributed by atoms with Gasteiger partial charge < -0.3 is 18.9 Å². The van der Waals surface area contributed by atoms with Crippen molar-refractivity contribution in [2.45, 2.75) is 31.2 Å². The maximum atomic E-state index is 13.3. The summed E-state index contributed by atoms with van der Waals surface area (Å²) in [5.41, 5.74) is 2.69. The van der Waals surface area contributed by atoms with E-state index >= 15 is 0 Å². The number of nitrogens with zero attached hydrogens (tertiary/aromatic N) is 5. The Morgan fingerprint density at radius 3 is 2.55 bits per heavy atom. The van der Waals surface area contributed by atoms with Crippen LogP contribution in [-0.2, 0) is 33.8 Å². The van der Waals surface area contributed by atoms with Gasteiger partial charge in [-0.2, -0.15) is 9.97 Å². The van der Waals surface area contributed by atoms with E-state index in [1.165, 1.54) is 0 Å². The minimum atomic E-state index is -3.78. The van der Waals surface area contributed by atoms with Gasteiger partial charge in [-0.3, -0.25) is 0 Å². The molecule has 9 nitrogen and oxygen atoms in total. The van der Waals surface area contributed by atoms with Crippen LogP contribution in [-0.4, -0.2) is 61.3 Å². The number of aromatic nitrogens is 4. The largest absolute Gasteiger partial charge is 0.496 e. The van der Waals surface area contributed by atoms with E-state index in [2.05, 4.69) is 9.97 Å². The minimum absolute atomic E-state index is 0.180. The summed E-state index contributed by atoms with van der Waals surface area (Å²) >= 11 is 0. The first-order chi connectivity index (χ1) is 14.8. The van der Waals surface area contributed by atoms with Crippen molar-refractivity contribution in [3.05, 3.63) is 35.2 Å². The summed E-state index contributed by atoms with van der Waals surface area (Å²) in [4.78, 5) is 15.7. The average Bonchev–Trinajstić information content (AvgIpc) is 3.09. The lowest BCUT2D eigenvalue weighted by molar-refractivity contribution is 0.122. The Bertz CT molecular complexity index is 1220. The van der Waals surface area contributed by atoms with Gasteiger partial charge in [-0.05, 0) is 24.1 Å². The molecule has 0 atom stereocenters. The SMILES string of the molecule is CCc1nc2c(N3CCOCC3)nc(S(=O)(=O)Cc3ccc(OC)c(C)c3)nc2n1C. The van der Waals surface area contributed by atoms with E-state index in [1.807, 2.05) is 36.4 Å². The summed E-state index contributed by atoms with van der Waals surface area (Å²) in [6, 6.07) is 5.35. The Labute approximate surface area is 182 Å². The zero-order chi connectivity index (χ0) is 22.2. The van der Waals surface area contributed by atoms with Crippen LogP contribution in [0.4, 0.5) is 5.82 Å².